The molecular weight excluding hydrogens is 212 g/mol. The van der Waals surface area contributed by atoms with E-state index in [9.17, 15) is 0 Å². The maximum absolute atomic E-state index is 5.43. The average Bonchev–Trinajstić information content (AvgIpc) is 2.40. The summed E-state index contributed by atoms with van der Waals surface area (Å²) in [5.74, 6) is 1.43. The molecule has 1 aliphatic rings. The summed E-state index contributed by atoms with van der Waals surface area (Å²) in [5.41, 5.74) is 1.13. The lowest BCUT2D eigenvalue weighted by molar-refractivity contribution is 0.315. The second kappa shape index (κ2) is 6.01. The van der Waals surface area contributed by atoms with E-state index in [1.165, 1.54) is 25.7 Å². The smallest absolute Gasteiger partial charge is 0.140 e. The Hall–Kier alpha value is -1.09. The molecule has 1 N–H and O–H groups in total. The summed E-state index contributed by atoms with van der Waals surface area (Å²) in [4.78, 5) is 4.54. The molecule has 1 heterocycles. The zero-order valence-corrected chi connectivity index (χ0v) is 10.8. The topological polar surface area (TPSA) is 34.2 Å². The van der Waals surface area contributed by atoms with Crippen molar-refractivity contribution >= 4 is 0 Å². The van der Waals surface area contributed by atoms with Crippen molar-refractivity contribution in [2.24, 2.45) is 0 Å². The summed E-state index contributed by atoms with van der Waals surface area (Å²) < 4.78 is 5.43. The minimum Gasteiger partial charge on any atom is -0.495 e. The first-order chi connectivity index (χ1) is 8.36. The van der Waals surface area contributed by atoms with E-state index in [1.807, 2.05) is 18.3 Å². The Bertz CT molecular complexity index is 352. The van der Waals surface area contributed by atoms with E-state index in [0.29, 0.717) is 12.0 Å². The van der Waals surface area contributed by atoms with Gasteiger partial charge in [0, 0.05) is 18.2 Å². The lowest BCUT2D eigenvalue weighted by Gasteiger charge is -2.32. The molecular formula is C14H22N2O. The van der Waals surface area contributed by atoms with Gasteiger partial charge in [0.05, 0.1) is 12.8 Å². The molecule has 0 aromatic carbocycles. The molecule has 1 aromatic heterocycles. The fourth-order valence-corrected chi connectivity index (χ4v) is 2.82. The summed E-state index contributed by atoms with van der Waals surface area (Å²) in [6.07, 6.45) is 6.95. The normalized spacial score (nSPS) is 24.6. The van der Waals surface area contributed by atoms with Crippen molar-refractivity contribution in [2.75, 3.05) is 13.7 Å². The van der Waals surface area contributed by atoms with Gasteiger partial charge in [-0.25, -0.2) is 0 Å². The van der Waals surface area contributed by atoms with Gasteiger partial charge in [0.2, 0.25) is 0 Å². The van der Waals surface area contributed by atoms with Crippen LogP contribution in [0.2, 0.25) is 0 Å². The second-order valence-corrected chi connectivity index (χ2v) is 4.65. The number of rotatable bonds is 4. The molecule has 3 heteroatoms. The van der Waals surface area contributed by atoms with Crippen LogP contribution in [0.1, 0.15) is 44.2 Å². The van der Waals surface area contributed by atoms with Crippen LogP contribution in [0.3, 0.4) is 0 Å². The molecule has 94 valence electrons. The van der Waals surface area contributed by atoms with Crippen LogP contribution in [0, 0.1) is 0 Å². The van der Waals surface area contributed by atoms with Gasteiger partial charge in [-0.3, -0.25) is 4.98 Å². The van der Waals surface area contributed by atoms with Crippen molar-refractivity contribution in [1.29, 1.82) is 0 Å². The Morgan fingerprint density at radius 1 is 1.41 bits per heavy atom. The highest BCUT2D eigenvalue weighted by Gasteiger charge is 2.28. The lowest BCUT2D eigenvalue weighted by atomic mass is 9.82. The van der Waals surface area contributed by atoms with Crippen LogP contribution in [0.15, 0.2) is 18.3 Å². The fraction of sp³-hybridized carbons (Fsp3) is 0.643. The van der Waals surface area contributed by atoms with Crippen molar-refractivity contribution in [3.05, 3.63) is 24.0 Å². The maximum atomic E-state index is 5.43. The second-order valence-electron chi connectivity index (χ2n) is 4.65. The van der Waals surface area contributed by atoms with E-state index < -0.39 is 0 Å². The Kier molecular flexibility index (Phi) is 4.37. The number of ether oxygens (including phenoxy) is 1. The molecule has 0 spiro atoms. The standard InChI is InChI=1S/C14H22N2O/c1-3-15-12-8-5-4-7-11(12)14-13(17-2)9-6-10-16-14/h6,9-12,15H,3-5,7-8H2,1-2H3. The van der Waals surface area contributed by atoms with Crippen LogP contribution < -0.4 is 10.1 Å². The number of likely N-dealkylation sites (N-methyl/N-ethyl adjacent to an activating group) is 1. The van der Waals surface area contributed by atoms with Gasteiger partial charge in [-0.1, -0.05) is 19.8 Å². The predicted molar refractivity (Wildman–Crippen MR) is 69.5 cm³/mol. The van der Waals surface area contributed by atoms with Crippen molar-refractivity contribution in [3.8, 4) is 5.75 Å². The highest BCUT2D eigenvalue weighted by atomic mass is 16.5. The van der Waals surface area contributed by atoms with E-state index >= 15 is 0 Å². The first kappa shape index (κ1) is 12.4. The van der Waals surface area contributed by atoms with Crippen LogP contribution in [-0.4, -0.2) is 24.7 Å². The summed E-state index contributed by atoms with van der Waals surface area (Å²) in [6.45, 7) is 3.19. The van der Waals surface area contributed by atoms with Gasteiger partial charge in [0.15, 0.2) is 0 Å². The van der Waals surface area contributed by atoms with E-state index in [2.05, 4.69) is 17.2 Å². The summed E-state index contributed by atoms with van der Waals surface area (Å²) in [6, 6.07) is 4.51. The van der Waals surface area contributed by atoms with Crippen molar-refractivity contribution < 1.29 is 4.74 Å². The van der Waals surface area contributed by atoms with Gasteiger partial charge < -0.3 is 10.1 Å². The van der Waals surface area contributed by atoms with Gasteiger partial charge in [-0.15, -0.1) is 0 Å². The molecule has 1 aliphatic carbocycles. The number of methoxy groups -OCH3 is 1. The zero-order chi connectivity index (χ0) is 12.1. The SMILES string of the molecule is CCNC1CCCCC1c1ncccc1OC. The Labute approximate surface area is 104 Å². The molecule has 2 rings (SSSR count). The van der Waals surface area contributed by atoms with Gasteiger partial charge >= 0.3 is 0 Å². The molecule has 0 amide bonds. The van der Waals surface area contributed by atoms with Crippen LogP contribution in [0.4, 0.5) is 0 Å². The minimum atomic E-state index is 0.500. The Morgan fingerprint density at radius 2 is 2.24 bits per heavy atom. The number of nitrogens with zero attached hydrogens (tertiary/aromatic N) is 1. The van der Waals surface area contributed by atoms with Gasteiger partial charge in [-0.05, 0) is 31.5 Å². The first-order valence-corrected chi connectivity index (χ1v) is 6.59. The number of hydrogen-bond donors (Lipinski definition) is 1. The first-order valence-electron chi connectivity index (χ1n) is 6.59. The predicted octanol–water partition coefficient (Wildman–Crippen LogP) is 2.73. The molecule has 1 fully saturated rings. The molecule has 0 saturated heterocycles. The molecule has 3 nitrogen and oxygen atoms in total. The lowest BCUT2D eigenvalue weighted by Crippen LogP contribution is -2.37. The molecule has 2 unspecified atom stereocenters. The molecule has 17 heavy (non-hydrogen) atoms. The molecule has 1 saturated carbocycles. The maximum Gasteiger partial charge on any atom is 0.140 e. The molecule has 1 aromatic rings. The Morgan fingerprint density at radius 3 is 3.00 bits per heavy atom. The van der Waals surface area contributed by atoms with E-state index in [1.54, 1.807) is 7.11 Å². The number of pyridine rings is 1. The van der Waals surface area contributed by atoms with Gasteiger partial charge in [0.1, 0.15) is 5.75 Å². The van der Waals surface area contributed by atoms with E-state index in [-0.39, 0.29) is 0 Å². The van der Waals surface area contributed by atoms with E-state index in [0.717, 1.165) is 18.0 Å². The number of nitrogens with one attached hydrogen (secondary N) is 1. The third-order valence-corrected chi connectivity index (χ3v) is 3.60. The molecule has 0 radical (unpaired) electrons. The van der Waals surface area contributed by atoms with Crippen LogP contribution in [0.25, 0.3) is 0 Å². The highest BCUT2D eigenvalue weighted by molar-refractivity contribution is 5.31. The monoisotopic (exact) mass is 234 g/mol. The van der Waals surface area contributed by atoms with Crippen molar-refractivity contribution in [1.82, 2.24) is 10.3 Å². The quantitative estimate of drug-likeness (QED) is 0.869. The third-order valence-electron chi connectivity index (χ3n) is 3.60. The van der Waals surface area contributed by atoms with Gasteiger partial charge in [0.25, 0.3) is 0 Å². The van der Waals surface area contributed by atoms with Crippen LogP contribution >= 0.6 is 0 Å². The summed E-state index contributed by atoms with van der Waals surface area (Å²) >= 11 is 0. The van der Waals surface area contributed by atoms with Crippen LogP contribution in [-0.2, 0) is 0 Å². The highest BCUT2D eigenvalue weighted by Crippen LogP contribution is 2.36. The van der Waals surface area contributed by atoms with Crippen molar-refractivity contribution in [3.63, 3.8) is 0 Å². The number of hydrogen-bond acceptors (Lipinski definition) is 3. The minimum absolute atomic E-state index is 0.500. The van der Waals surface area contributed by atoms with E-state index in [4.69, 9.17) is 4.74 Å². The van der Waals surface area contributed by atoms with Gasteiger partial charge in [-0.2, -0.15) is 0 Å². The molecule has 0 bridgehead atoms. The number of aromatic nitrogens is 1. The summed E-state index contributed by atoms with van der Waals surface area (Å²) in [7, 11) is 1.73. The molecule has 2 atom stereocenters. The molecule has 0 aliphatic heterocycles. The summed E-state index contributed by atoms with van der Waals surface area (Å²) in [5, 5.41) is 3.59. The fourth-order valence-electron chi connectivity index (χ4n) is 2.82. The largest absolute Gasteiger partial charge is 0.495 e. The Balaban J connectivity index is 2.22. The van der Waals surface area contributed by atoms with Crippen LogP contribution in [0.5, 0.6) is 5.75 Å². The van der Waals surface area contributed by atoms with Crippen molar-refractivity contribution in [2.45, 2.75) is 44.6 Å². The third kappa shape index (κ3) is 2.78. The average molecular weight is 234 g/mol. The zero-order valence-electron chi connectivity index (χ0n) is 10.8.